The summed E-state index contributed by atoms with van der Waals surface area (Å²) < 4.78 is 28.8. The molecule has 0 saturated carbocycles. The predicted molar refractivity (Wildman–Crippen MR) is 161 cm³/mol. The summed E-state index contributed by atoms with van der Waals surface area (Å²) in [4.78, 5) is 28.9. The summed E-state index contributed by atoms with van der Waals surface area (Å²) in [5, 5.41) is 3.27. The van der Waals surface area contributed by atoms with Crippen molar-refractivity contribution in [2.75, 3.05) is 17.4 Å². The summed E-state index contributed by atoms with van der Waals surface area (Å²) in [5.41, 5.74) is 3.07. The Kier molecular flexibility index (Phi) is 10.8. The molecule has 0 heterocycles. The topological polar surface area (TPSA) is 86.8 Å². The summed E-state index contributed by atoms with van der Waals surface area (Å²) in [6.07, 6.45) is 0.364. The second kappa shape index (κ2) is 13.8. The van der Waals surface area contributed by atoms with Gasteiger partial charge in [0.05, 0.1) is 10.6 Å². The number of hydrogen-bond donors (Lipinski definition) is 1. The molecule has 3 aromatic rings. The van der Waals surface area contributed by atoms with E-state index in [2.05, 4.69) is 5.32 Å². The Bertz CT molecular complexity index is 1410. The van der Waals surface area contributed by atoms with Crippen LogP contribution in [-0.4, -0.2) is 44.3 Å². The average molecular weight is 584 g/mol. The Balaban J connectivity index is 2.04. The molecule has 7 nitrogen and oxygen atoms in total. The molecule has 0 aliphatic rings. The van der Waals surface area contributed by atoms with Crippen molar-refractivity contribution < 1.29 is 18.0 Å². The first-order chi connectivity index (χ1) is 18.9. The zero-order chi connectivity index (χ0) is 29.4. The zero-order valence-electron chi connectivity index (χ0n) is 23.7. The van der Waals surface area contributed by atoms with E-state index >= 15 is 0 Å². The van der Waals surface area contributed by atoms with Gasteiger partial charge in [0.2, 0.25) is 11.8 Å². The zero-order valence-corrected chi connectivity index (χ0v) is 25.3. The van der Waals surface area contributed by atoms with Crippen molar-refractivity contribution >= 4 is 39.1 Å². The van der Waals surface area contributed by atoms with Crippen molar-refractivity contribution in [3.05, 3.63) is 94.5 Å². The van der Waals surface area contributed by atoms with E-state index in [-0.39, 0.29) is 29.0 Å². The average Bonchev–Trinajstić information content (AvgIpc) is 2.91. The Labute approximate surface area is 243 Å². The quantitative estimate of drug-likeness (QED) is 0.295. The lowest BCUT2D eigenvalue weighted by atomic mass is 10.1. The second-order valence-corrected chi connectivity index (χ2v) is 12.7. The molecular weight excluding hydrogens is 546 g/mol. The first-order valence-corrected chi connectivity index (χ1v) is 15.2. The van der Waals surface area contributed by atoms with E-state index in [9.17, 15) is 18.0 Å². The van der Waals surface area contributed by atoms with Crippen molar-refractivity contribution in [3.63, 3.8) is 0 Å². The van der Waals surface area contributed by atoms with Crippen LogP contribution in [0.2, 0.25) is 5.02 Å². The molecule has 0 aromatic heterocycles. The number of carbonyl (C=O) groups is 2. The van der Waals surface area contributed by atoms with Crippen LogP contribution in [0.15, 0.2) is 77.7 Å². The van der Waals surface area contributed by atoms with Crippen LogP contribution in [0.4, 0.5) is 5.69 Å². The lowest BCUT2D eigenvalue weighted by Gasteiger charge is -2.33. The van der Waals surface area contributed by atoms with E-state index in [1.165, 1.54) is 23.1 Å². The number of benzene rings is 3. The monoisotopic (exact) mass is 583 g/mol. The second-order valence-electron chi connectivity index (χ2n) is 10.4. The highest BCUT2D eigenvalue weighted by Crippen LogP contribution is 2.27. The number of anilines is 1. The van der Waals surface area contributed by atoms with Crippen LogP contribution in [0.1, 0.15) is 43.9 Å². The fraction of sp³-hybridized carbons (Fsp3) is 0.355. The fourth-order valence-corrected chi connectivity index (χ4v) is 5.82. The smallest absolute Gasteiger partial charge is 0.264 e. The first kappa shape index (κ1) is 31.2. The number of halogens is 1. The van der Waals surface area contributed by atoms with Crippen LogP contribution in [0.5, 0.6) is 0 Å². The highest BCUT2D eigenvalue weighted by Gasteiger charge is 2.33. The minimum atomic E-state index is -4.14. The molecule has 0 spiro atoms. The van der Waals surface area contributed by atoms with E-state index in [4.69, 9.17) is 11.6 Å². The Morgan fingerprint density at radius 1 is 0.925 bits per heavy atom. The van der Waals surface area contributed by atoms with Crippen molar-refractivity contribution in [2.24, 2.45) is 5.92 Å². The third-order valence-electron chi connectivity index (χ3n) is 6.53. The standard InChI is InChI=1S/C31H38ClN3O4S/c1-6-29(31(37)33-19-22(2)3)34(20-25-14-10-23(4)11-15-25)30(36)21-35(27-9-7-8-26(32)18-27)40(38,39)28-16-12-24(5)13-17-28/h7-18,22,29H,6,19-21H2,1-5H3,(H,33,37). The van der Waals surface area contributed by atoms with Crippen LogP contribution in [0.25, 0.3) is 0 Å². The van der Waals surface area contributed by atoms with Crippen molar-refractivity contribution in [3.8, 4) is 0 Å². The van der Waals surface area contributed by atoms with E-state index in [1.54, 1.807) is 30.3 Å². The maximum atomic E-state index is 14.1. The molecule has 0 fully saturated rings. The summed E-state index contributed by atoms with van der Waals surface area (Å²) in [7, 11) is -4.14. The van der Waals surface area contributed by atoms with Gasteiger partial charge >= 0.3 is 0 Å². The van der Waals surface area contributed by atoms with Crippen LogP contribution in [-0.2, 0) is 26.2 Å². The molecule has 0 aliphatic carbocycles. The van der Waals surface area contributed by atoms with Crippen LogP contribution in [0, 0.1) is 19.8 Å². The van der Waals surface area contributed by atoms with E-state index < -0.39 is 28.5 Å². The molecule has 9 heteroatoms. The number of nitrogens with one attached hydrogen (secondary N) is 1. The van der Waals surface area contributed by atoms with Gasteiger partial charge in [-0.25, -0.2) is 8.42 Å². The number of hydrogen-bond acceptors (Lipinski definition) is 4. The molecule has 0 aliphatic heterocycles. The molecule has 214 valence electrons. The molecule has 3 rings (SSSR count). The summed E-state index contributed by atoms with van der Waals surface area (Å²) in [6, 6.07) is 19.8. The van der Waals surface area contributed by atoms with Gasteiger partial charge in [0.15, 0.2) is 0 Å². The first-order valence-electron chi connectivity index (χ1n) is 13.4. The number of amides is 2. The molecule has 0 bridgehead atoms. The third-order valence-corrected chi connectivity index (χ3v) is 8.55. The maximum absolute atomic E-state index is 14.1. The number of rotatable bonds is 12. The van der Waals surface area contributed by atoms with E-state index in [0.29, 0.717) is 18.0 Å². The van der Waals surface area contributed by atoms with Gasteiger partial charge in [-0.05, 0) is 62.1 Å². The van der Waals surface area contributed by atoms with Gasteiger partial charge < -0.3 is 10.2 Å². The van der Waals surface area contributed by atoms with Crippen LogP contribution in [0.3, 0.4) is 0 Å². The molecular formula is C31H38ClN3O4S. The molecule has 1 atom stereocenters. The van der Waals surface area contributed by atoms with Crippen molar-refractivity contribution in [1.82, 2.24) is 10.2 Å². The highest BCUT2D eigenvalue weighted by molar-refractivity contribution is 7.92. The highest BCUT2D eigenvalue weighted by atomic mass is 35.5. The number of sulfonamides is 1. The Hall–Kier alpha value is -3.36. The largest absolute Gasteiger partial charge is 0.354 e. The van der Waals surface area contributed by atoms with Crippen molar-refractivity contribution in [1.29, 1.82) is 0 Å². The normalized spacial score (nSPS) is 12.2. The third kappa shape index (κ3) is 8.08. The predicted octanol–water partition coefficient (Wildman–Crippen LogP) is 5.73. The SMILES string of the molecule is CCC(C(=O)NCC(C)C)N(Cc1ccc(C)cc1)C(=O)CN(c1cccc(Cl)c1)S(=O)(=O)c1ccc(C)cc1. The molecule has 40 heavy (non-hydrogen) atoms. The molecule has 0 radical (unpaired) electrons. The van der Waals surface area contributed by atoms with Crippen LogP contribution < -0.4 is 9.62 Å². The Morgan fingerprint density at radius 2 is 1.52 bits per heavy atom. The van der Waals surface area contributed by atoms with E-state index in [0.717, 1.165) is 21.0 Å². The molecule has 1 unspecified atom stereocenters. The maximum Gasteiger partial charge on any atom is 0.264 e. The number of carbonyl (C=O) groups excluding carboxylic acids is 2. The molecule has 0 saturated heterocycles. The van der Waals surface area contributed by atoms with Crippen LogP contribution >= 0.6 is 11.6 Å². The van der Waals surface area contributed by atoms with Crippen molar-refractivity contribution in [2.45, 2.75) is 58.5 Å². The fourth-order valence-electron chi connectivity index (χ4n) is 4.23. The van der Waals surface area contributed by atoms with Gasteiger partial charge in [0.1, 0.15) is 12.6 Å². The molecule has 3 aromatic carbocycles. The summed E-state index contributed by atoms with van der Waals surface area (Å²) in [5.74, 6) is -0.532. The molecule has 1 N–H and O–H groups in total. The minimum Gasteiger partial charge on any atom is -0.354 e. The van der Waals surface area contributed by atoms with Gasteiger partial charge in [0, 0.05) is 18.1 Å². The number of aryl methyl sites for hydroxylation is 2. The van der Waals surface area contributed by atoms with Gasteiger partial charge in [-0.2, -0.15) is 0 Å². The van der Waals surface area contributed by atoms with Gasteiger partial charge in [-0.3, -0.25) is 13.9 Å². The summed E-state index contributed by atoms with van der Waals surface area (Å²) >= 11 is 6.23. The number of nitrogens with zero attached hydrogens (tertiary/aromatic N) is 2. The molecule has 2 amide bonds. The summed E-state index contributed by atoms with van der Waals surface area (Å²) in [6.45, 7) is 9.79. The van der Waals surface area contributed by atoms with Gasteiger partial charge in [-0.1, -0.05) is 86.0 Å². The minimum absolute atomic E-state index is 0.0534. The Morgan fingerprint density at radius 3 is 2.08 bits per heavy atom. The lowest BCUT2D eigenvalue weighted by Crippen LogP contribution is -2.52. The van der Waals surface area contributed by atoms with E-state index in [1.807, 2.05) is 58.9 Å². The lowest BCUT2D eigenvalue weighted by molar-refractivity contribution is -0.140. The van der Waals surface area contributed by atoms with Gasteiger partial charge in [0.25, 0.3) is 10.0 Å². The van der Waals surface area contributed by atoms with Gasteiger partial charge in [-0.15, -0.1) is 0 Å².